The second-order valence-corrected chi connectivity index (χ2v) is 29.2. The predicted molar refractivity (Wildman–Crippen MR) is 278 cm³/mol. The van der Waals surface area contributed by atoms with Crippen LogP contribution in [0.1, 0.15) is 126 Å². The summed E-state index contributed by atoms with van der Waals surface area (Å²) in [4.78, 5) is 15.6. The second-order valence-electron chi connectivity index (χ2n) is 26.1. The first-order valence-electron chi connectivity index (χ1n) is 28.1. The van der Waals surface area contributed by atoms with Crippen molar-refractivity contribution < 1.29 is 83.2 Å². The molecule has 0 aromatic heterocycles. The monoisotopic (exact) mass is 1140 g/mol. The smallest absolute Gasteiger partial charge is 0.373 e. The third-order valence-corrected chi connectivity index (χ3v) is 24.3. The number of hydrogen-bond donors (Lipinski definition) is 8. The standard InChI is InChI=1S/C54H89Cl2N2O17P/c1-29-37(60)40(63)42(65)45(71-29)75-44-39(62)33(73-46-43(66)41(64)38(61)32(27-59)72-46)28-69-47(44)74-36-13-14-51(6)34(50(36,4)5)12-15-53(8)35(51)11-10-30-31-26-49(2,3)16-18-54(31,19-17-52(30,53)7)48(67)58-22-9-25-70-76(58,68)57(23-20-55)24-21-56/h10,29,31-47,59-66H,9,11-28H2,1-8H3/t29-,31?,32+,33-,34?,35?,36?,37-,38+,39-,40+,41-,42+,43+,44+,45-,46+,47-,51-,52+,53+,54-,76?/m0/s1. The van der Waals surface area contributed by atoms with Crippen LogP contribution >= 0.6 is 30.9 Å². The number of halogens is 2. The van der Waals surface area contributed by atoms with E-state index in [-0.39, 0.29) is 57.8 Å². The molecule has 4 aliphatic heterocycles. The largest absolute Gasteiger partial charge is 0.394 e. The van der Waals surface area contributed by atoms with Gasteiger partial charge in [-0.05, 0) is 122 Å². The van der Waals surface area contributed by atoms with Crippen LogP contribution < -0.4 is 0 Å². The lowest BCUT2D eigenvalue weighted by molar-refractivity contribution is -0.380. The third-order valence-electron chi connectivity index (χ3n) is 21.3. The predicted octanol–water partition coefficient (Wildman–Crippen LogP) is 4.42. The fourth-order valence-corrected chi connectivity index (χ4v) is 19.8. The van der Waals surface area contributed by atoms with Crippen molar-refractivity contribution in [1.82, 2.24) is 9.34 Å². The van der Waals surface area contributed by atoms with Gasteiger partial charge in [-0.2, -0.15) is 0 Å². The van der Waals surface area contributed by atoms with E-state index in [1.54, 1.807) is 9.34 Å². The van der Waals surface area contributed by atoms with Crippen molar-refractivity contribution in [2.45, 2.75) is 218 Å². The average Bonchev–Trinajstić information content (AvgIpc) is 3.56. The SMILES string of the molecule is C[C@@H]1O[C@@H](O[C@H]2[C@H](OC3CC[C@@]4(C)C(CC[C@]5(C)C4CC=C4C6CC(C)(C)CC[C@]6(C(=O)N6CCCOP6(=O)N(CCCl)CCCl)CC[C@]45C)C3(C)C)OC[C@H](O[C@H]3O[C@H](CO)[C@@H](O)[C@H](O)[C@H]3O)[C@@H]2O)[C@H](O)[C@H](O)[C@H]1O. The molecule has 0 bridgehead atoms. The van der Waals surface area contributed by atoms with Gasteiger partial charge in [-0.1, -0.05) is 60.1 Å². The highest BCUT2D eigenvalue weighted by atomic mass is 35.5. The first-order chi connectivity index (χ1) is 35.7. The van der Waals surface area contributed by atoms with Gasteiger partial charge in [0.25, 0.3) is 0 Å². The molecule has 4 saturated heterocycles. The van der Waals surface area contributed by atoms with Crippen molar-refractivity contribution in [1.29, 1.82) is 0 Å². The van der Waals surface area contributed by atoms with E-state index in [0.717, 1.165) is 44.9 Å². The summed E-state index contributed by atoms with van der Waals surface area (Å²) in [6.45, 7) is 18.3. The number of carbonyl (C=O) groups is 1. The average molecular weight is 1140 g/mol. The molecule has 0 spiro atoms. The Kier molecular flexibility index (Phi) is 17.5. The summed E-state index contributed by atoms with van der Waals surface area (Å²) >= 11 is 12.5. The number of carbonyl (C=O) groups excluding carboxylic acids is 1. The molecule has 4 saturated carbocycles. The molecule has 9 aliphatic rings. The fraction of sp³-hybridized carbons (Fsp3) is 0.944. The zero-order valence-corrected chi connectivity index (χ0v) is 48.2. The first-order valence-corrected chi connectivity index (χ1v) is 30.7. The van der Waals surface area contributed by atoms with Gasteiger partial charge in [0.15, 0.2) is 18.9 Å². The zero-order chi connectivity index (χ0) is 55.3. The van der Waals surface area contributed by atoms with Crippen molar-refractivity contribution in [3.05, 3.63) is 11.6 Å². The minimum Gasteiger partial charge on any atom is -0.394 e. The normalized spacial score (nSPS) is 50.2. The molecule has 22 heteroatoms. The maximum atomic E-state index is 15.6. The molecule has 8 fully saturated rings. The van der Waals surface area contributed by atoms with Crippen LogP contribution in [0.25, 0.3) is 0 Å². The molecule has 0 aromatic rings. The van der Waals surface area contributed by atoms with Gasteiger partial charge in [-0.15, -0.1) is 23.2 Å². The molecule has 4 heterocycles. The Balaban J connectivity index is 0.972. The van der Waals surface area contributed by atoms with E-state index >= 15 is 9.36 Å². The van der Waals surface area contributed by atoms with Crippen molar-refractivity contribution in [2.75, 3.05) is 51.2 Å². The lowest BCUT2D eigenvalue weighted by Crippen LogP contribution is -2.67. The molecule has 436 valence electrons. The van der Waals surface area contributed by atoms with Crippen LogP contribution in [0.15, 0.2) is 11.6 Å². The minimum absolute atomic E-state index is 0.00546. The number of aliphatic hydroxyl groups excluding tert-OH is 8. The Bertz CT molecular complexity index is 2160. The van der Waals surface area contributed by atoms with E-state index in [2.05, 4.69) is 54.5 Å². The Morgan fingerprint density at radius 1 is 0.776 bits per heavy atom. The Morgan fingerprint density at radius 3 is 2.11 bits per heavy atom. The van der Waals surface area contributed by atoms with Gasteiger partial charge >= 0.3 is 7.67 Å². The number of allylic oxidation sites excluding steroid dienone is 2. The molecular formula is C54H89Cl2N2O17P. The summed E-state index contributed by atoms with van der Waals surface area (Å²) in [5.74, 6) is 0.853. The third kappa shape index (κ3) is 9.87. The highest BCUT2D eigenvalue weighted by molar-refractivity contribution is 7.54. The highest BCUT2D eigenvalue weighted by Gasteiger charge is 2.70. The van der Waals surface area contributed by atoms with Gasteiger partial charge in [-0.3, -0.25) is 9.46 Å². The number of hydrogen-bond acceptors (Lipinski definition) is 17. The summed E-state index contributed by atoms with van der Waals surface area (Å²) in [6.07, 6.45) is -10.0. The van der Waals surface area contributed by atoms with Crippen molar-refractivity contribution in [2.24, 2.45) is 50.2 Å². The second kappa shape index (κ2) is 22.2. The van der Waals surface area contributed by atoms with Gasteiger partial charge in [0.1, 0.15) is 61.0 Å². The van der Waals surface area contributed by atoms with Gasteiger partial charge in [0.05, 0.1) is 37.4 Å². The van der Waals surface area contributed by atoms with Crippen molar-refractivity contribution >= 4 is 36.8 Å². The number of aliphatic hydroxyl groups is 8. The highest BCUT2D eigenvalue weighted by Crippen LogP contribution is 2.76. The van der Waals surface area contributed by atoms with Crippen molar-refractivity contribution in [3.8, 4) is 0 Å². The quantitative estimate of drug-likeness (QED) is 0.0549. The van der Waals surface area contributed by atoms with Crippen LogP contribution in [0, 0.1) is 50.2 Å². The zero-order valence-electron chi connectivity index (χ0n) is 45.8. The van der Waals surface area contributed by atoms with Crippen LogP contribution in [-0.4, -0.2) is 199 Å². The molecule has 19 nitrogen and oxygen atoms in total. The lowest BCUT2D eigenvalue weighted by Gasteiger charge is -2.71. The number of amides is 1. The number of nitrogens with zero attached hydrogens (tertiary/aromatic N) is 2. The Labute approximate surface area is 458 Å². The molecule has 1 amide bonds. The first kappa shape index (κ1) is 60.0. The maximum Gasteiger partial charge on any atom is 0.373 e. The molecule has 8 N–H and O–H groups in total. The number of ether oxygens (including phenoxy) is 6. The summed E-state index contributed by atoms with van der Waals surface area (Å²) in [5.41, 5.74) is -0.268. The van der Waals surface area contributed by atoms with Crippen LogP contribution in [0.5, 0.6) is 0 Å². The van der Waals surface area contributed by atoms with Crippen LogP contribution in [0.3, 0.4) is 0 Å². The molecule has 9 rings (SSSR count). The van der Waals surface area contributed by atoms with Gasteiger partial charge in [-0.25, -0.2) is 9.24 Å². The Hall–Kier alpha value is -0.620. The van der Waals surface area contributed by atoms with Crippen molar-refractivity contribution in [3.63, 3.8) is 0 Å². The topological polar surface area (TPSA) is 267 Å². The van der Waals surface area contributed by atoms with E-state index in [1.807, 2.05) is 0 Å². The van der Waals surface area contributed by atoms with Gasteiger partial charge < -0.3 is 73.8 Å². The number of fused-ring (bicyclic) bond motifs is 7. The molecule has 76 heavy (non-hydrogen) atoms. The van der Waals surface area contributed by atoms with Crippen LogP contribution in [0.2, 0.25) is 0 Å². The van der Waals surface area contributed by atoms with E-state index < -0.39 is 117 Å². The van der Waals surface area contributed by atoms with Crippen LogP contribution in [-0.2, 0) is 42.3 Å². The molecule has 5 unspecified atom stereocenters. The Morgan fingerprint density at radius 2 is 1.43 bits per heavy atom. The van der Waals surface area contributed by atoms with E-state index in [9.17, 15) is 40.9 Å². The summed E-state index contributed by atoms with van der Waals surface area (Å²) in [6, 6.07) is 0. The number of alkyl halides is 2. The summed E-state index contributed by atoms with van der Waals surface area (Å²) < 4.78 is 61.7. The van der Waals surface area contributed by atoms with Gasteiger partial charge in [0, 0.05) is 31.4 Å². The lowest BCUT2D eigenvalue weighted by atomic mass is 9.33. The maximum absolute atomic E-state index is 15.6. The van der Waals surface area contributed by atoms with E-state index in [4.69, 9.17) is 56.1 Å². The molecule has 5 aliphatic carbocycles. The molecule has 23 atom stereocenters. The van der Waals surface area contributed by atoms with E-state index in [0.29, 0.717) is 57.8 Å². The minimum atomic E-state index is -3.76. The van der Waals surface area contributed by atoms with E-state index in [1.165, 1.54) is 12.5 Å². The van der Waals surface area contributed by atoms with Crippen LogP contribution in [0.4, 0.5) is 0 Å². The summed E-state index contributed by atoms with van der Waals surface area (Å²) in [5, 5.41) is 85.9. The fourth-order valence-electron chi connectivity index (χ4n) is 16.6. The molecule has 0 radical (unpaired) electrons. The summed E-state index contributed by atoms with van der Waals surface area (Å²) in [7, 11) is -3.76. The van der Waals surface area contributed by atoms with Gasteiger partial charge in [0.2, 0.25) is 5.91 Å². The molecule has 0 aromatic carbocycles. The molecular weight excluding hydrogens is 1050 g/mol. The number of rotatable bonds is 13.